The standard InChI is InChI=1S/C10H13ClN2O3S.C8H6S/c1-6(13-17-15)5-16-9-3-2-7(11)4-8(9)10(12)14;1-2-4-8-7(3-1)5-6-9-8/h2-4,6,13,15H,5H2,1H3,(H2,12,14);1-6H. The topological polar surface area (TPSA) is 84.6 Å². The quantitative estimate of drug-likeness (QED) is 0.400. The molecule has 3 rings (SSSR count). The summed E-state index contributed by atoms with van der Waals surface area (Å²) in [5, 5.41) is 3.88. The van der Waals surface area contributed by atoms with Crippen molar-refractivity contribution in [1.29, 1.82) is 0 Å². The number of carbonyl (C=O) groups is 1. The first-order chi connectivity index (χ1) is 12.5. The molecule has 26 heavy (non-hydrogen) atoms. The molecule has 1 aromatic heterocycles. The Morgan fingerprint density at radius 3 is 2.81 bits per heavy atom. The average molecular weight is 411 g/mol. The predicted molar refractivity (Wildman–Crippen MR) is 110 cm³/mol. The minimum atomic E-state index is -0.598. The highest BCUT2D eigenvalue weighted by molar-refractivity contribution is 7.91. The average Bonchev–Trinajstić information content (AvgIpc) is 3.10. The number of hydrogen-bond acceptors (Lipinski definition) is 6. The SMILES string of the molecule is CC(COc1ccc(Cl)cc1C(N)=O)NSO.c1ccc2sccc2c1. The Kier molecular flexibility index (Phi) is 8.21. The van der Waals surface area contributed by atoms with Gasteiger partial charge in [-0.1, -0.05) is 29.8 Å². The summed E-state index contributed by atoms with van der Waals surface area (Å²) in [5.41, 5.74) is 5.45. The van der Waals surface area contributed by atoms with Crippen LogP contribution >= 0.6 is 35.2 Å². The zero-order valence-corrected chi connectivity index (χ0v) is 16.4. The first-order valence-electron chi connectivity index (χ1n) is 7.71. The van der Waals surface area contributed by atoms with Crippen LogP contribution in [0.5, 0.6) is 5.75 Å². The second-order valence-corrected chi connectivity index (χ2v) is 7.19. The number of rotatable bonds is 6. The van der Waals surface area contributed by atoms with Crippen LogP contribution in [0.3, 0.4) is 0 Å². The maximum atomic E-state index is 11.2. The van der Waals surface area contributed by atoms with E-state index in [1.807, 2.05) is 6.92 Å². The second-order valence-electron chi connectivity index (χ2n) is 5.38. The van der Waals surface area contributed by atoms with E-state index in [-0.39, 0.29) is 18.2 Å². The fourth-order valence-corrected chi connectivity index (χ4v) is 3.28. The third kappa shape index (κ3) is 6.19. The van der Waals surface area contributed by atoms with E-state index in [2.05, 4.69) is 40.4 Å². The van der Waals surface area contributed by atoms with E-state index in [1.54, 1.807) is 23.5 Å². The van der Waals surface area contributed by atoms with Gasteiger partial charge in [0.2, 0.25) is 0 Å². The Balaban J connectivity index is 0.000000223. The summed E-state index contributed by atoms with van der Waals surface area (Å²) in [6.45, 7) is 2.11. The number of nitrogens with one attached hydrogen (secondary N) is 1. The van der Waals surface area contributed by atoms with Crippen molar-refractivity contribution in [2.24, 2.45) is 5.73 Å². The minimum absolute atomic E-state index is 0.0820. The van der Waals surface area contributed by atoms with Gasteiger partial charge in [0.05, 0.1) is 23.8 Å². The number of hydrogen-bond donors (Lipinski definition) is 3. The van der Waals surface area contributed by atoms with Crippen molar-refractivity contribution < 1.29 is 14.1 Å². The third-order valence-corrected chi connectivity index (χ3v) is 4.95. The maximum absolute atomic E-state index is 11.2. The van der Waals surface area contributed by atoms with Gasteiger partial charge in [-0.15, -0.1) is 11.3 Å². The number of ether oxygens (including phenoxy) is 1. The van der Waals surface area contributed by atoms with Crippen molar-refractivity contribution in [3.63, 3.8) is 0 Å². The van der Waals surface area contributed by atoms with Crippen LogP contribution in [0.25, 0.3) is 10.1 Å². The van der Waals surface area contributed by atoms with Crippen molar-refractivity contribution in [3.8, 4) is 5.75 Å². The van der Waals surface area contributed by atoms with E-state index in [1.165, 1.54) is 16.2 Å². The Labute approximate surface area is 165 Å². The van der Waals surface area contributed by atoms with Gasteiger partial charge in [-0.25, -0.2) is 4.72 Å². The van der Waals surface area contributed by atoms with E-state index >= 15 is 0 Å². The van der Waals surface area contributed by atoms with Crippen molar-refractivity contribution in [2.75, 3.05) is 6.61 Å². The molecule has 1 atom stereocenters. The number of amides is 1. The maximum Gasteiger partial charge on any atom is 0.252 e. The lowest BCUT2D eigenvalue weighted by atomic mass is 10.2. The fourth-order valence-electron chi connectivity index (χ4n) is 2.07. The fraction of sp³-hybridized carbons (Fsp3) is 0.167. The molecule has 1 amide bonds. The molecule has 1 heterocycles. The summed E-state index contributed by atoms with van der Waals surface area (Å²) in [7, 11) is 0. The minimum Gasteiger partial charge on any atom is -0.491 e. The molecule has 2 aromatic carbocycles. The van der Waals surface area contributed by atoms with E-state index in [0.29, 0.717) is 23.0 Å². The van der Waals surface area contributed by atoms with Gasteiger partial charge < -0.3 is 15.0 Å². The lowest BCUT2D eigenvalue weighted by molar-refractivity contribution is 0.0996. The number of fused-ring (bicyclic) bond motifs is 1. The van der Waals surface area contributed by atoms with Crippen LogP contribution in [0, 0.1) is 0 Å². The number of nitrogens with two attached hydrogens (primary N) is 1. The Morgan fingerprint density at radius 1 is 1.35 bits per heavy atom. The van der Waals surface area contributed by atoms with Crippen LogP contribution < -0.4 is 15.2 Å². The second kappa shape index (κ2) is 10.4. The summed E-state index contributed by atoms with van der Waals surface area (Å²) >= 11 is 8.06. The molecule has 0 spiro atoms. The van der Waals surface area contributed by atoms with Gasteiger partial charge >= 0.3 is 0 Å². The number of primary amides is 1. The van der Waals surface area contributed by atoms with Gasteiger partial charge in [-0.2, -0.15) is 0 Å². The highest BCUT2D eigenvalue weighted by Crippen LogP contribution is 2.22. The molecule has 0 bridgehead atoms. The third-order valence-electron chi connectivity index (χ3n) is 3.31. The largest absolute Gasteiger partial charge is 0.491 e. The molecule has 0 aliphatic rings. The Morgan fingerprint density at radius 2 is 2.12 bits per heavy atom. The van der Waals surface area contributed by atoms with Crippen LogP contribution in [0.15, 0.2) is 53.9 Å². The molecule has 138 valence electrons. The van der Waals surface area contributed by atoms with Crippen LogP contribution in [0.2, 0.25) is 5.02 Å². The molecule has 0 fully saturated rings. The van der Waals surface area contributed by atoms with Crippen LogP contribution in [0.4, 0.5) is 0 Å². The molecule has 3 aromatic rings. The van der Waals surface area contributed by atoms with Crippen molar-refractivity contribution in [3.05, 3.63) is 64.5 Å². The van der Waals surface area contributed by atoms with Gasteiger partial charge in [0.15, 0.2) is 0 Å². The number of thiophene rings is 1. The molecule has 0 saturated carbocycles. The number of benzene rings is 2. The van der Waals surface area contributed by atoms with Gasteiger partial charge in [0.1, 0.15) is 12.4 Å². The monoisotopic (exact) mass is 410 g/mol. The summed E-state index contributed by atoms with van der Waals surface area (Å²) in [6.07, 6.45) is 0. The lowest BCUT2D eigenvalue weighted by Crippen LogP contribution is -2.27. The molecule has 5 nitrogen and oxygen atoms in total. The van der Waals surface area contributed by atoms with Crippen molar-refractivity contribution in [2.45, 2.75) is 13.0 Å². The molecular weight excluding hydrogens is 392 g/mol. The van der Waals surface area contributed by atoms with Gasteiger partial charge in [0, 0.05) is 9.72 Å². The Hall–Kier alpha value is -1.77. The van der Waals surface area contributed by atoms with E-state index in [0.717, 1.165) is 0 Å². The summed E-state index contributed by atoms with van der Waals surface area (Å²) in [6, 6.07) is 15.1. The first kappa shape index (κ1) is 20.5. The summed E-state index contributed by atoms with van der Waals surface area (Å²) in [4.78, 5) is 11.2. The highest BCUT2D eigenvalue weighted by atomic mass is 35.5. The lowest BCUT2D eigenvalue weighted by Gasteiger charge is -2.14. The van der Waals surface area contributed by atoms with Gasteiger partial charge in [-0.05, 0) is 48.0 Å². The van der Waals surface area contributed by atoms with E-state index in [4.69, 9.17) is 26.6 Å². The van der Waals surface area contributed by atoms with Gasteiger partial charge in [0.25, 0.3) is 5.91 Å². The molecule has 0 saturated heterocycles. The van der Waals surface area contributed by atoms with Crippen molar-refractivity contribution in [1.82, 2.24) is 4.72 Å². The molecule has 0 aliphatic heterocycles. The predicted octanol–water partition coefficient (Wildman–Crippen LogP) is 4.82. The summed E-state index contributed by atoms with van der Waals surface area (Å²) < 4.78 is 18.0. The molecule has 4 N–H and O–H groups in total. The number of halogens is 1. The molecule has 0 aliphatic carbocycles. The van der Waals surface area contributed by atoms with Crippen LogP contribution in [0.1, 0.15) is 17.3 Å². The first-order valence-corrected chi connectivity index (χ1v) is 9.74. The van der Waals surface area contributed by atoms with E-state index < -0.39 is 5.91 Å². The zero-order chi connectivity index (χ0) is 18.9. The Bertz CT molecular complexity index is 827. The zero-order valence-electron chi connectivity index (χ0n) is 14.0. The number of carbonyl (C=O) groups excluding carboxylic acids is 1. The van der Waals surface area contributed by atoms with Gasteiger partial charge in [-0.3, -0.25) is 4.79 Å². The van der Waals surface area contributed by atoms with Crippen LogP contribution in [-0.4, -0.2) is 23.1 Å². The van der Waals surface area contributed by atoms with Crippen molar-refractivity contribution >= 4 is 51.2 Å². The van der Waals surface area contributed by atoms with E-state index in [9.17, 15) is 4.79 Å². The smallest absolute Gasteiger partial charge is 0.252 e. The molecule has 8 heteroatoms. The molecular formula is C18H19ClN2O3S2. The highest BCUT2D eigenvalue weighted by Gasteiger charge is 2.11. The van der Waals surface area contributed by atoms with Crippen LogP contribution in [-0.2, 0) is 0 Å². The molecule has 0 radical (unpaired) electrons. The summed E-state index contributed by atoms with van der Waals surface area (Å²) in [5.74, 6) is -0.224. The molecule has 1 unspecified atom stereocenters. The normalized spacial score (nSPS) is 11.5.